The molecule has 0 unspecified atom stereocenters. The highest BCUT2D eigenvalue weighted by Crippen LogP contribution is 2.31. The average Bonchev–Trinajstić information content (AvgIpc) is 3.38. The van der Waals surface area contributed by atoms with Crippen molar-refractivity contribution in [1.29, 1.82) is 0 Å². The third kappa shape index (κ3) is 5.44. The average molecular weight is 509 g/mol. The SMILES string of the molecule is CCN1CCN(c2ccc(Nc3ncc(C)c(-c4cc5c(o4)CCN(Cc4ccccc4)C5)n3)cc2)CC1. The molecule has 196 valence electrons. The summed E-state index contributed by atoms with van der Waals surface area (Å²) in [6.45, 7) is 12.6. The van der Waals surface area contributed by atoms with E-state index in [0.717, 1.165) is 87.2 Å². The molecule has 0 atom stereocenters. The molecular formula is C31H36N6O. The number of furan rings is 1. The Labute approximate surface area is 225 Å². The molecule has 0 amide bonds. The number of fused-ring (bicyclic) bond motifs is 1. The van der Waals surface area contributed by atoms with E-state index in [2.05, 4.69) is 92.6 Å². The van der Waals surface area contributed by atoms with Crippen LogP contribution in [0.4, 0.5) is 17.3 Å². The van der Waals surface area contributed by atoms with Crippen molar-refractivity contribution in [1.82, 2.24) is 19.8 Å². The van der Waals surface area contributed by atoms with Gasteiger partial charge in [-0.2, -0.15) is 0 Å². The minimum absolute atomic E-state index is 0.579. The molecule has 4 aromatic rings. The lowest BCUT2D eigenvalue weighted by molar-refractivity contribution is 0.234. The molecule has 0 saturated carbocycles. The maximum atomic E-state index is 6.32. The standard InChI is InChI=1S/C31H36N6O/c1-3-35-15-17-37(18-16-35)27-11-9-26(10-12-27)33-31-32-20-23(2)30(34-31)29-19-25-22-36(14-13-28(25)38-29)21-24-7-5-4-6-8-24/h4-12,19-20H,3,13-18,21-22H2,1-2H3,(H,32,33,34). The number of anilines is 3. The van der Waals surface area contributed by atoms with Crippen molar-refractivity contribution in [2.75, 3.05) is 49.5 Å². The maximum absolute atomic E-state index is 6.32. The van der Waals surface area contributed by atoms with E-state index in [-0.39, 0.29) is 0 Å². The highest BCUT2D eigenvalue weighted by Gasteiger charge is 2.23. The number of hydrogen-bond donors (Lipinski definition) is 1. The minimum Gasteiger partial charge on any atom is -0.459 e. The van der Waals surface area contributed by atoms with E-state index < -0.39 is 0 Å². The van der Waals surface area contributed by atoms with Gasteiger partial charge in [0, 0.05) is 75.4 Å². The molecule has 0 bridgehead atoms. The third-order valence-electron chi connectivity index (χ3n) is 7.71. The second-order valence-electron chi connectivity index (χ2n) is 10.3. The van der Waals surface area contributed by atoms with Crippen LogP contribution in [0.5, 0.6) is 0 Å². The molecule has 1 saturated heterocycles. The topological polar surface area (TPSA) is 60.7 Å². The lowest BCUT2D eigenvalue weighted by atomic mass is 10.1. The molecule has 0 aliphatic carbocycles. The molecular weight excluding hydrogens is 472 g/mol. The smallest absolute Gasteiger partial charge is 0.227 e. The Kier molecular flexibility index (Phi) is 7.12. The summed E-state index contributed by atoms with van der Waals surface area (Å²) in [4.78, 5) is 16.8. The normalized spacial score (nSPS) is 16.4. The van der Waals surface area contributed by atoms with Gasteiger partial charge in [0.05, 0.1) is 0 Å². The van der Waals surface area contributed by atoms with Crippen molar-refractivity contribution >= 4 is 17.3 Å². The van der Waals surface area contributed by atoms with Crippen molar-refractivity contribution < 1.29 is 4.42 Å². The second kappa shape index (κ2) is 11.0. The molecule has 0 radical (unpaired) electrons. The summed E-state index contributed by atoms with van der Waals surface area (Å²) in [6.07, 6.45) is 2.78. The molecule has 7 heteroatoms. The van der Waals surface area contributed by atoms with E-state index in [1.807, 2.05) is 13.1 Å². The van der Waals surface area contributed by atoms with Crippen molar-refractivity contribution in [3.8, 4) is 11.5 Å². The predicted molar refractivity (Wildman–Crippen MR) is 153 cm³/mol. The fourth-order valence-corrected chi connectivity index (χ4v) is 5.44. The van der Waals surface area contributed by atoms with Crippen molar-refractivity contribution in [3.05, 3.63) is 89.3 Å². The molecule has 7 nitrogen and oxygen atoms in total. The fraction of sp³-hybridized carbons (Fsp3) is 0.355. The van der Waals surface area contributed by atoms with Gasteiger partial charge in [0.1, 0.15) is 11.5 Å². The fourth-order valence-electron chi connectivity index (χ4n) is 5.44. The summed E-state index contributed by atoms with van der Waals surface area (Å²) >= 11 is 0. The lowest BCUT2D eigenvalue weighted by Gasteiger charge is -2.35. The Bertz CT molecular complexity index is 1360. The number of aromatic nitrogens is 2. The van der Waals surface area contributed by atoms with Crippen LogP contribution in [0.3, 0.4) is 0 Å². The van der Waals surface area contributed by atoms with E-state index in [0.29, 0.717) is 5.95 Å². The van der Waals surface area contributed by atoms with Crippen LogP contribution in [0.25, 0.3) is 11.5 Å². The van der Waals surface area contributed by atoms with Crippen LogP contribution in [-0.2, 0) is 19.5 Å². The quantitative estimate of drug-likeness (QED) is 0.354. The first-order valence-electron chi connectivity index (χ1n) is 13.7. The largest absolute Gasteiger partial charge is 0.459 e. The first-order valence-corrected chi connectivity index (χ1v) is 13.7. The van der Waals surface area contributed by atoms with Crippen LogP contribution in [-0.4, -0.2) is 59.0 Å². The van der Waals surface area contributed by atoms with E-state index >= 15 is 0 Å². The highest BCUT2D eigenvalue weighted by atomic mass is 16.3. The highest BCUT2D eigenvalue weighted by molar-refractivity contribution is 5.63. The van der Waals surface area contributed by atoms with Gasteiger partial charge in [-0.1, -0.05) is 37.3 Å². The number of likely N-dealkylation sites (N-methyl/N-ethyl adjacent to an activating group) is 1. The number of piperazine rings is 1. The van der Waals surface area contributed by atoms with Gasteiger partial charge >= 0.3 is 0 Å². The van der Waals surface area contributed by atoms with Gasteiger partial charge in [-0.05, 0) is 54.9 Å². The van der Waals surface area contributed by atoms with Crippen LogP contribution in [0.2, 0.25) is 0 Å². The van der Waals surface area contributed by atoms with Gasteiger partial charge in [0.2, 0.25) is 5.95 Å². The molecule has 4 heterocycles. The first-order chi connectivity index (χ1) is 18.6. The van der Waals surface area contributed by atoms with Gasteiger partial charge < -0.3 is 19.5 Å². The molecule has 6 rings (SSSR count). The van der Waals surface area contributed by atoms with E-state index in [4.69, 9.17) is 9.40 Å². The van der Waals surface area contributed by atoms with Crippen molar-refractivity contribution in [3.63, 3.8) is 0 Å². The Morgan fingerprint density at radius 1 is 0.921 bits per heavy atom. The minimum atomic E-state index is 0.579. The molecule has 1 fully saturated rings. The van der Waals surface area contributed by atoms with Gasteiger partial charge in [0.15, 0.2) is 5.76 Å². The van der Waals surface area contributed by atoms with Crippen LogP contribution in [0.15, 0.2) is 71.3 Å². The van der Waals surface area contributed by atoms with Crippen LogP contribution in [0, 0.1) is 6.92 Å². The lowest BCUT2D eigenvalue weighted by Crippen LogP contribution is -2.46. The summed E-state index contributed by atoms with van der Waals surface area (Å²) in [7, 11) is 0. The monoisotopic (exact) mass is 508 g/mol. The Hall–Kier alpha value is -3.68. The third-order valence-corrected chi connectivity index (χ3v) is 7.71. The first kappa shape index (κ1) is 24.6. The van der Waals surface area contributed by atoms with E-state index in [9.17, 15) is 0 Å². The number of aryl methyl sites for hydroxylation is 1. The zero-order chi connectivity index (χ0) is 25.9. The summed E-state index contributed by atoms with van der Waals surface area (Å²) < 4.78 is 6.32. The van der Waals surface area contributed by atoms with E-state index in [1.54, 1.807) is 0 Å². The molecule has 2 aliphatic rings. The Morgan fingerprint density at radius 3 is 2.47 bits per heavy atom. The Balaban J connectivity index is 1.13. The van der Waals surface area contributed by atoms with Gasteiger partial charge in [-0.25, -0.2) is 9.97 Å². The number of benzene rings is 2. The van der Waals surface area contributed by atoms with Crippen LogP contribution >= 0.6 is 0 Å². The van der Waals surface area contributed by atoms with Gasteiger partial charge in [0.25, 0.3) is 0 Å². The van der Waals surface area contributed by atoms with Gasteiger partial charge in [-0.3, -0.25) is 4.90 Å². The van der Waals surface area contributed by atoms with Crippen molar-refractivity contribution in [2.45, 2.75) is 33.4 Å². The predicted octanol–water partition coefficient (Wildman–Crippen LogP) is 5.49. The van der Waals surface area contributed by atoms with Crippen LogP contribution < -0.4 is 10.2 Å². The summed E-state index contributed by atoms with van der Waals surface area (Å²) in [6, 6.07) is 21.4. The van der Waals surface area contributed by atoms with E-state index in [1.165, 1.54) is 16.8 Å². The number of rotatable bonds is 7. The maximum Gasteiger partial charge on any atom is 0.227 e. The zero-order valence-corrected chi connectivity index (χ0v) is 22.4. The molecule has 1 N–H and O–H groups in total. The zero-order valence-electron chi connectivity index (χ0n) is 22.4. The summed E-state index contributed by atoms with van der Waals surface area (Å²) in [5, 5.41) is 3.38. The molecule has 2 aromatic heterocycles. The molecule has 38 heavy (non-hydrogen) atoms. The van der Waals surface area contributed by atoms with Gasteiger partial charge in [-0.15, -0.1) is 0 Å². The summed E-state index contributed by atoms with van der Waals surface area (Å²) in [5.41, 5.74) is 6.69. The number of hydrogen-bond acceptors (Lipinski definition) is 7. The summed E-state index contributed by atoms with van der Waals surface area (Å²) in [5.74, 6) is 2.48. The van der Waals surface area contributed by atoms with Crippen molar-refractivity contribution in [2.24, 2.45) is 0 Å². The number of nitrogens with one attached hydrogen (secondary N) is 1. The molecule has 0 spiro atoms. The Morgan fingerprint density at radius 2 is 1.71 bits per heavy atom. The molecule has 2 aromatic carbocycles. The second-order valence-corrected chi connectivity index (χ2v) is 10.3. The number of nitrogens with zero attached hydrogens (tertiary/aromatic N) is 5. The molecule has 2 aliphatic heterocycles. The van der Waals surface area contributed by atoms with Crippen LogP contribution in [0.1, 0.15) is 29.4 Å².